The third-order valence-electron chi connectivity index (χ3n) is 3.75. The van der Waals surface area contributed by atoms with Crippen molar-refractivity contribution in [3.05, 3.63) is 54.1 Å². The van der Waals surface area contributed by atoms with Crippen molar-refractivity contribution < 1.29 is 8.83 Å². The van der Waals surface area contributed by atoms with Crippen LogP contribution in [0.25, 0.3) is 11.7 Å². The molecule has 0 atom stereocenters. The maximum Gasteiger partial charge on any atom is 0.283 e. The van der Waals surface area contributed by atoms with Gasteiger partial charge in [-0.2, -0.15) is 0 Å². The summed E-state index contributed by atoms with van der Waals surface area (Å²) in [5, 5.41) is 20.4. The number of rotatable bonds is 7. The van der Waals surface area contributed by atoms with Crippen molar-refractivity contribution in [2.75, 3.05) is 5.32 Å². The summed E-state index contributed by atoms with van der Waals surface area (Å²) in [6, 6.07) is 11.9. The average molecular weight is 400 g/mol. The van der Waals surface area contributed by atoms with Gasteiger partial charge in [0.05, 0.1) is 12.0 Å². The fraction of sp³-hybridized carbons (Fsp3) is 0.222. The average Bonchev–Trinajstić information content (AvgIpc) is 3.42. The number of hydrogen-bond donors (Lipinski definition) is 1. The Morgan fingerprint density at radius 1 is 1.07 bits per heavy atom. The highest BCUT2D eigenvalue weighted by Crippen LogP contribution is 2.30. The van der Waals surface area contributed by atoms with Gasteiger partial charge in [-0.15, -0.1) is 20.4 Å². The lowest BCUT2D eigenvalue weighted by Crippen LogP contribution is -1.91. The van der Waals surface area contributed by atoms with Crippen LogP contribution in [-0.2, 0) is 5.75 Å². The van der Waals surface area contributed by atoms with Crippen molar-refractivity contribution in [3.63, 3.8) is 0 Å². The minimum atomic E-state index is 0.375. The first-order chi connectivity index (χ1) is 13.2. The Morgan fingerprint density at radius 2 is 1.93 bits per heavy atom. The van der Waals surface area contributed by atoms with Crippen LogP contribution in [0, 0.1) is 0 Å². The van der Waals surface area contributed by atoms with Crippen LogP contribution in [-0.4, -0.2) is 20.4 Å². The van der Waals surface area contributed by atoms with E-state index in [9.17, 15) is 0 Å². The summed E-state index contributed by atoms with van der Waals surface area (Å²) in [5.41, 5.74) is 2.30. The number of thioether (sulfide) groups is 1. The van der Waals surface area contributed by atoms with Crippen LogP contribution in [0.5, 0.6) is 0 Å². The van der Waals surface area contributed by atoms with Crippen molar-refractivity contribution in [1.82, 2.24) is 20.4 Å². The van der Waals surface area contributed by atoms with Crippen LogP contribution in [0.15, 0.2) is 55.8 Å². The fourth-order valence-corrected chi connectivity index (χ4v) is 3.94. The fourth-order valence-electron chi connectivity index (χ4n) is 2.33. The third-order valence-corrected chi connectivity index (χ3v) is 5.71. The predicted octanol–water partition coefficient (Wildman–Crippen LogP) is 5.34. The summed E-state index contributed by atoms with van der Waals surface area (Å²) in [5.74, 6) is 2.48. The second-order valence-corrected chi connectivity index (χ2v) is 8.24. The van der Waals surface area contributed by atoms with E-state index in [0.29, 0.717) is 29.2 Å². The summed E-state index contributed by atoms with van der Waals surface area (Å²) in [6.07, 6.45) is 1.57. The van der Waals surface area contributed by atoms with Gasteiger partial charge < -0.3 is 14.2 Å². The monoisotopic (exact) mass is 399 g/mol. The molecule has 138 valence electrons. The van der Waals surface area contributed by atoms with Gasteiger partial charge in [0.15, 0.2) is 10.1 Å². The molecule has 4 rings (SSSR count). The predicted molar refractivity (Wildman–Crippen MR) is 105 cm³/mol. The Morgan fingerprint density at radius 3 is 2.67 bits per heavy atom. The van der Waals surface area contributed by atoms with Gasteiger partial charge in [0.2, 0.25) is 11.0 Å². The standard InChI is InChI=1S/C18H17N5O2S2/c1-11(2)12-5-7-13(8-6-12)19-17-22-23-18(27-17)26-10-15-20-21-16(25-15)14-4-3-9-24-14/h3-9,11H,10H2,1-2H3,(H,19,22). The summed E-state index contributed by atoms with van der Waals surface area (Å²) < 4.78 is 11.7. The summed E-state index contributed by atoms with van der Waals surface area (Å²) in [7, 11) is 0. The SMILES string of the molecule is CC(C)c1ccc(Nc2nnc(SCc3nnc(-c4ccco4)o3)s2)cc1. The minimum Gasteiger partial charge on any atom is -0.459 e. The van der Waals surface area contributed by atoms with Crippen LogP contribution in [0.1, 0.15) is 31.2 Å². The molecule has 0 unspecified atom stereocenters. The molecular weight excluding hydrogens is 382 g/mol. The quantitative estimate of drug-likeness (QED) is 0.416. The van der Waals surface area contributed by atoms with Gasteiger partial charge in [0.25, 0.3) is 5.89 Å². The van der Waals surface area contributed by atoms with E-state index in [1.165, 1.54) is 28.7 Å². The van der Waals surface area contributed by atoms with Gasteiger partial charge >= 0.3 is 0 Å². The summed E-state index contributed by atoms with van der Waals surface area (Å²) in [4.78, 5) is 0. The lowest BCUT2D eigenvalue weighted by molar-refractivity contribution is 0.494. The van der Waals surface area contributed by atoms with Gasteiger partial charge in [-0.25, -0.2) is 0 Å². The van der Waals surface area contributed by atoms with Crippen molar-refractivity contribution in [3.8, 4) is 11.7 Å². The first kappa shape index (κ1) is 17.7. The van der Waals surface area contributed by atoms with Gasteiger partial charge in [-0.3, -0.25) is 0 Å². The number of nitrogens with one attached hydrogen (secondary N) is 1. The van der Waals surface area contributed by atoms with Crippen molar-refractivity contribution >= 4 is 33.9 Å². The molecule has 0 fully saturated rings. The van der Waals surface area contributed by atoms with Crippen LogP contribution in [0.4, 0.5) is 10.8 Å². The molecule has 0 spiro atoms. The lowest BCUT2D eigenvalue weighted by Gasteiger charge is -2.06. The topological polar surface area (TPSA) is 89.9 Å². The van der Waals surface area contributed by atoms with E-state index >= 15 is 0 Å². The van der Waals surface area contributed by atoms with Gasteiger partial charge in [0.1, 0.15) is 0 Å². The molecule has 1 aromatic carbocycles. The van der Waals surface area contributed by atoms with Crippen molar-refractivity contribution in [2.24, 2.45) is 0 Å². The van der Waals surface area contributed by atoms with E-state index in [2.05, 4.69) is 63.8 Å². The Hall–Kier alpha value is -2.65. The minimum absolute atomic E-state index is 0.375. The van der Waals surface area contributed by atoms with Crippen molar-refractivity contribution in [2.45, 2.75) is 29.9 Å². The largest absolute Gasteiger partial charge is 0.459 e. The maximum atomic E-state index is 5.59. The Labute approximate surface area is 164 Å². The Balaban J connectivity index is 1.34. The van der Waals surface area contributed by atoms with E-state index in [4.69, 9.17) is 8.83 Å². The zero-order chi connectivity index (χ0) is 18.6. The normalized spacial score (nSPS) is 11.2. The molecule has 0 aliphatic carbocycles. The zero-order valence-electron chi connectivity index (χ0n) is 14.7. The maximum absolute atomic E-state index is 5.59. The highest BCUT2D eigenvalue weighted by Gasteiger charge is 2.12. The molecule has 0 radical (unpaired) electrons. The summed E-state index contributed by atoms with van der Waals surface area (Å²) in [6.45, 7) is 4.36. The van der Waals surface area contributed by atoms with E-state index in [1.807, 2.05) is 0 Å². The number of aromatic nitrogens is 4. The highest BCUT2D eigenvalue weighted by atomic mass is 32.2. The number of benzene rings is 1. The Kier molecular flexibility index (Phi) is 5.21. The first-order valence-electron chi connectivity index (χ1n) is 8.37. The highest BCUT2D eigenvalue weighted by molar-refractivity contribution is 8.00. The molecule has 7 nitrogen and oxygen atoms in total. The molecule has 1 N–H and O–H groups in total. The van der Waals surface area contributed by atoms with Gasteiger partial charge in [0, 0.05) is 5.69 Å². The molecule has 0 aliphatic heterocycles. The molecule has 0 saturated carbocycles. The van der Waals surface area contributed by atoms with E-state index in [1.54, 1.807) is 18.4 Å². The second kappa shape index (κ2) is 7.93. The molecule has 4 aromatic rings. The molecule has 0 amide bonds. The first-order valence-corrected chi connectivity index (χ1v) is 10.2. The molecule has 9 heteroatoms. The summed E-state index contributed by atoms with van der Waals surface area (Å²) >= 11 is 2.98. The molecular formula is C18H17N5O2S2. The van der Waals surface area contributed by atoms with Crippen molar-refractivity contribution in [1.29, 1.82) is 0 Å². The van der Waals surface area contributed by atoms with E-state index in [-0.39, 0.29) is 0 Å². The molecule has 0 bridgehead atoms. The van der Waals surface area contributed by atoms with Crippen LogP contribution in [0.3, 0.4) is 0 Å². The zero-order valence-corrected chi connectivity index (χ0v) is 16.4. The van der Waals surface area contributed by atoms with Crippen LogP contribution < -0.4 is 5.32 Å². The number of anilines is 2. The second-order valence-electron chi connectivity index (χ2n) is 6.04. The van der Waals surface area contributed by atoms with Gasteiger partial charge in [-0.1, -0.05) is 49.1 Å². The molecule has 3 heterocycles. The molecule has 3 aromatic heterocycles. The Bertz CT molecular complexity index is 993. The molecule has 27 heavy (non-hydrogen) atoms. The number of nitrogens with zero attached hydrogens (tertiary/aromatic N) is 4. The smallest absolute Gasteiger partial charge is 0.283 e. The number of furan rings is 1. The van der Waals surface area contributed by atoms with Gasteiger partial charge in [-0.05, 0) is 35.7 Å². The lowest BCUT2D eigenvalue weighted by atomic mass is 10.0. The van der Waals surface area contributed by atoms with Crippen LogP contribution >= 0.6 is 23.1 Å². The van der Waals surface area contributed by atoms with Crippen LogP contribution in [0.2, 0.25) is 0 Å². The molecule has 0 saturated heterocycles. The number of hydrogen-bond acceptors (Lipinski definition) is 9. The van der Waals surface area contributed by atoms with E-state index in [0.717, 1.165) is 15.2 Å². The molecule has 0 aliphatic rings. The third kappa shape index (κ3) is 4.37. The van der Waals surface area contributed by atoms with E-state index < -0.39 is 0 Å².